The van der Waals surface area contributed by atoms with Crippen molar-refractivity contribution >= 4 is 26.7 Å². The summed E-state index contributed by atoms with van der Waals surface area (Å²) in [6.45, 7) is 5.75. The zero-order valence-corrected chi connectivity index (χ0v) is 17.1. The average Bonchev–Trinajstić information content (AvgIpc) is 2.65. The summed E-state index contributed by atoms with van der Waals surface area (Å²) < 4.78 is 17.3. The Morgan fingerprint density at radius 1 is 1.00 bits per heavy atom. The van der Waals surface area contributed by atoms with E-state index in [1.165, 1.54) is 12.8 Å². The van der Waals surface area contributed by atoms with Gasteiger partial charge in [-0.15, -0.1) is 0 Å². The van der Waals surface area contributed by atoms with Gasteiger partial charge in [-0.3, -0.25) is 0 Å². The van der Waals surface area contributed by atoms with Crippen LogP contribution in [0.1, 0.15) is 46.0 Å². The van der Waals surface area contributed by atoms with Gasteiger partial charge in [-0.05, 0) is 61.8 Å². The second-order valence-corrected chi connectivity index (χ2v) is 7.47. The standard InChI is InChI=1S/C21H29BrO3/c1-4-13-24-18-10-11-19-16(15-18)9-12-20(21(19)23-3)25-14-7-6-8-17(22)5-2/h9-12,15,17H,4-8,13-14H2,1-3H3. The van der Waals surface area contributed by atoms with Gasteiger partial charge in [-0.1, -0.05) is 35.8 Å². The van der Waals surface area contributed by atoms with Crippen LogP contribution in [0.25, 0.3) is 10.8 Å². The highest BCUT2D eigenvalue weighted by atomic mass is 79.9. The lowest BCUT2D eigenvalue weighted by Crippen LogP contribution is -2.02. The summed E-state index contributed by atoms with van der Waals surface area (Å²) in [6, 6.07) is 10.1. The zero-order valence-electron chi connectivity index (χ0n) is 15.5. The summed E-state index contributed by atoms with van der Waals surface area (Å²) in [6.07, 6.45) is 5.58. The zero-order chi connectivity index (χ0) is 18.1. The molecule has 0 aliphatic rings. The first-order chi connectivity index (χ1) is 12.2. The first-order valence-electron chi connectivity index (χ1n) is 9.20. The second kappa shape index (κ2) is 10.5. The van der Waals surface area contributed by atoms with E-state index in [2.05, 4.69) is 41.9 Å². The van der Waals surface area contributed by atoms with Gasteiger partial charge in [-0.25, -0.2) is 0 Å². The molecule has 4 heteroatoms. The molecular weight excluding hydrogens is 380 g/mol. The summed E-state index contributed by atoms with van der Waals surface area (Å²) in [5, 5.41) is 2.15. The summed E-state index contributed by atoms with van der Waals surface area (Å²) in [4.78, 5) is 0.617. The van der Waals surface area contributed by atoms with Gasteiger partial charge in [0.2, 0.25) is 0 Å². The van der Waals surface area contributed by atoms with E-state index >= 15 is 0 Å². The number of alkyl halides is 1. The van der Waals surface area contributed by atoms with E-state index in [1.54, 1.807) is 7.11 Å². The van der Waals surface area contributed by atoms with Gasteiger partial charge in [0.15, 0.2) is 11.5 Å². The minimum absolute atomic E-state index is 0.617. The second-order valence-electron chi connectivity index (χ2n) is 6.18. The maximum Gasteiger partial charge on any atom is 0.168 e. The minimum atomic E-state index is 0.617. The van der Waals surface area contributed by atoms with Crippen LogP contribution in [0, 0.1) is 0 Å². The number of unbranched alkanes of at least 4 members (excludes halogenated alkanes) is 1. The number of halogens is 1. The molecule has 0 saturated heterocycles. The molecular formula is C21H29BrO3. The van der Waals surface area contributed by atoms with E-state index in [1.807, 2.05) is 18.2 Å². The van der Waals surface area contributed by atoms with Gasteiger partial charge in [0.05, 0.1) is 20.3 Å². The lowest BCUT2D eigenvalue weighted by atomic mass is 10.1. The van der Waals surface area contributed by atoms with Gasteiger partial charge in [0, 0.05) is 10.2 Å². The van der Waals surface area contributed by atoms with Crippen molar-refractivity contribution in [2.45, 2.75) is 50.8 Å². The van der Waals surface area contributed by atoms with Crippen molar-refractivity contribution in [2.75, 3.05) is 20.3 Å². The van der Waals surface area contributed by atoms with Crippen molar-refractivity contribution in [3.8, 4) is 17.2 Å². The van der Waals surface area contributed by atoms with Gasteiger partial charge in [0.25, 0.3) is 0 Å². The number of fused-ring (bicyclic) bond motifs is 1. The lowest BCUT2D eigenvalue weighted by Gasteiger charge is -2.14. The van der Waals surface area contributed by atoms with E-state index in [0.29, 0.717) is 11.4 Å². The van der Waals surface area contributed by atoms with Crippen molar-refractivity contribution in [2.24, 2.45) is 0 Å². The first-order valence-corrected chi connectivity index (χ1v) is 10.1. The molecule has 2 aromatic rings. The molecule has 0 N–H and O–H groups in total. The molecule has 0 fully saturated rings. The SMILES string of the molecule is CCCOc1ccc2c(OC)c(OCCCCC(Br)CC)ccc2c1. The predicted molar refractivity (Wildman–Crippen MR) is 109 cm³/mol. The smallest absolute Gasteiger partial charge is 0.168 e. The Balaban J connectivity index is 2.02. The Labute approximate surface area is 159 Å². The molecule has 0 aromatic heterocycles. The summed E-state index contributed by atoms with van der Waals surface area (Å²) in [5.74, 6) is 2.50. The van der Waals surface area contributed by atoms with Crippen LogP contribution in [0.5, 0.6) is 17.2 Å². The number of rotatable bonds is 11. The third kappa shape index (κ3) is 5.81. The number of hydrogen-bond acceptors (Lipinski definition) is 3. The van der Waals surface area contributed by atoms with Crippen molar-refractivity contribution in [3.63, 3.8) is 0 Å². The molecule has 0 amide bonds. The fraction of sp³-hybridized carbons (Fsp3) is 0.524. The fourth-order valence-electron chi connectivity index (χ4n) is 2.75. The van der Waals surface area contributed by atoms with Gasteiger partial charge in [0.1, 0.15) is 5.75 Å². The van der Waals surface area contributed by atoms with E-state index in [-0.39, 0.29) is 0 Å². The van der Waals surface area contributed by atoms with Crippen molar-refractivity contribution in [1.29, 1.82) is 0 Å². The molecule has 0 aliphatic heterocycles. The summed E-state index contributed by atoms with van der Waals surface area (Å²) in [5.41, 5.74) is 0. The first kappa shape index (κ1) is 19.9. The monoisotopic (exact) mass is 408 g/mol. The molecule has 0 heterocycles. The number of methoxy groups -OCH3 is 1. The normalized spacial score (nSPS) is 12.2. The Morgan fingerprint density at radius 2 is 1.84 bits per heavy atom. The molecule has 0 spiro atoms. The van der Waals surface area contributed by atoms with E-state index in [0.717, 1.165) is 53.9 Å². The van der Waals surface area contributed by atoms with Crippen molar-refractivity contribution in [1.82, 2.24) is 0 Å². The Morgan fingerprint density at radius 3 is 2.56 bits per heavy atom. The lowest BCUT2D eigenvalue weighted by molar-refractivity contribution is 0.286. The molecule has 0 aliphatic carbocycles. The van der Waals surface area contributed by atoms with Gasteiger partial charge in [-0.2, -0.15) is 0 Å². The van der Waals surface area contributed by atoms with Crippen LogP contribution in [0.15, 0.2) is 30.3 Å². The van der Waals surface area contributed by atoms with E-state index in [9.17, 15) is 0 Å². The summed E-state index contributed by atoms with van der Waals surface area (Å²) >= 11 is 3.67. The minimum Gasteiger partial charge on any atom is -0.494 e. The molecule has 0 bridgehead atoms. The highest BCUT2D eigenvalue weighted by molar-refractivity contribution is 9.09. The quantitative estimate of drug-likeness (QED) is 0.319. The summed E-state index contributed by atoms with van der Waals surface area (Å²) in [7, 11) is 1.69. The predicted octanol–water partition coefficient (Wildman–Crippen LogP) is 6.36. The Kier molecular flexibility index (Phi) is 8.39. The fourth-order valence-corrected chi connectivity index (χ4v) is 3.07. The van der Waals surface area contributed by atoms with Crippen LogP contribution in [-0.2, 0) is 0 Å². The van der Waals surface area contributed by atoms with E-state index < -0.39 is 0 Å². The van der Waals surface area contributed by atoms with Crippen LogP contribution in [0.4, 0.5) is 0 Å². The van der Waals surface area contributed by atoms with Crippen molar-refractivity contribution < 1.29 is 14.2 Å². The van der Waals surface area contributed by atoms with Gasteiger partial charge >= 0.3 is 0 Å². The highest BCUT2D eigenvalue weighted by Crippen LogP contribution is 2.37. The maximum absolute atomic E-state index is 5.98. The van der Waals surface area contributed by atoms with Crippen molar-refractivity contribution in [3.05, 3.63) is 30.3 Å². The highest BCUT2D eigenvalue weighted by Gasteiger charge is 2.10. The molecule has 1 atom stereocenters. The number of ether oxygens (including phenoxy) is 3. The van der Waals surface area contributed by atoms with Crippen LogP contribution in [0.3, 0.4) is 0 Å². The van der Waals surface area contributed by atoms with Crippen LogP contribution >= 0.6 is 15.9 Å². The van der Waals surface area contributed by atoms with Crippen LogP contribution in [0.2, 0.25) is 0 Å². The molecule has 0 radical (unpaired) electrons. The molecule has 3 nitrogen and oxygen atoms in total. The van der Waals surface area contributed by atoms with Crippen LogP contribution in [-0.4, -0.2) is 25.2 Å². The number of benzene rings is 2. The molecule has 25 heavy (non-hydrogen) atoms. The average molecular weight is 409 g/mol. The third-order valence-corrected chi connectivity index (χ3v) is 5.30. The molecule has 138 valence electrons. The molecule has 2 aromatic carbocycles. The molecule has 0 saturated carbocycles. The molecule has 1 unspecified atom stereocenters. The van der Waals surface area contributed by atoms with Crippen LogP contribution < -0.4 is 14.2 Å². The largest absolute Gasteiger partial charge is 0.494 e. The number of hydrogen-bond donors (Lipinski definition) is 0. The maximum atomic E-state index is 5.98. The van der Waals surface area contributed by atoms with E-state index in [4.69, 9.17) is 14.2 Å². The Bertz CT molecular complexity index is 657. The van der Waals surface area contributed by atoms with Gasteiger partial charge < -0.3 is 14.2 Å². The Hall–Kier alpha value is -1.42. The third-order valence-electron chi connectivity index (χ3n) is 4.19. The molecule has 2 rings (SSSR count). The topological polar surface area (TPSA) is 27.7 Å².